The van der Waals surface area contributed by atoms with E-state index < -0.39 is 25.9 Å². The number of benzene rings is 2. The first-order valence-electron chi connectivity index (χ1n) is 7.09. The largest absolute Gasteiger partial charge is 0.241 e. The fourth-order valence-corrected chi connectivity index (χ4v) is 4.60. The van der Waals surface area contributed by atoms with Crippen LogP contribution in [0.5, 0.6) is 0 Å². The van der Waals surface area contributed by atoms with Crippen LogP contribution in [-0.2, 0) is 19.9 Å². The highest BCUT2D eigenvalue weighted by atomic mass is 35.5. The molecule has 2 aromatic rings. The molecular weight excluding hydrogens is 370 g/mol. The number of aryl methyl sites for hydroxylation is 1. The molecule has 0 fully saturated rings. The summed E-state index contributed by atoms with van der Waals surface area (Å²) >= 11 is 5.86. The van der Waals surface area contributed by atoms with E-state index in [0.29, 0.717) is 16.1 Å². The number of halogens is 1. The Morgan fingerprint density at radius 2 is 1.58 bits per heavy atom. The van der Waals surface area contributed by atoms with Gasteiger partial charge in [0.05, 0.1) is 9.79 Å². The summed E-state index contributed by atoms with van der Waals surface area (Å²) in [7, 11) is -7.00. The highest BCUT2D eigenvalue weighted by molar-refractivity contribution is 7.90. The van der Waals surface area contributed by atoms with Gasteiger partial charge in [-0.15, -0.1) is 0 Å². The number of hydrogen-bond acceptors (Lipinski definition) is 4. The summed E-state index contributed by atoms with van der Waals surface area (Å²) < 4.78 is 50.6. The van der Waals surface area contributed by atoms with E-state index >= 15 is 0 Å². The minimum absolute atomic E-state index is 0.159. The van der Waals surface area contributed by atoms with Gasteiger partial charge in [-0.2, -0.15) is 0 Å². The number of sulfone groups is 1. The Morgan fingerprint density at radius 1 is 1.00 bits per heavy atom. The smallest absolute Gasteiger partial charge is 0.224 e. The Labute approximate surface area is 147 Å². The molecule has 0 bridgehead atoms. The summed E-state index contributed by atoms with van der Waals surface area (Å²) in [5.41, 5.74) is 1.22. The van der Waals surface area contributed by atoms with Gasteiger partial charge in [0, 0.05) is 17.3 Å². The summed E-state index contributed by atoms with van der Waals surface area (Å²) in [5.74, 6) is 0. The lowest BCUT2D eigenvalue weighted by Gasteiger charge is -2.16. The van der Waals surface area contributed by atoms with E-state index in [4.69, 9.17) is 11.6 Å². The van der Waals surface area contributed by atoms with Crippen molar-refractivity contribution in [3.05, 3.63) is 58.6 Å². The van der Waals surface area contributed by atoms with Crippen LogP contribution in [0.4, 0.5) is 0 Å². The Bertz CT molecular complexity index is 952. The molecule has 24 heavy (non-hydrogen) atoms. The summed E-state index contributed by atoms with van der Waals surface area (Å²) in [6.45, 7) is 3.37. The third-order valence-electron chi connectivity index (χ3n) is 3.57. The Kier molecular flexibility index (Phi) is 5.39. The topological polar surface area (TPSA) is 80.3 Å². The van der Waals surface area contributed by atoms with Crippen LogP contribution in [0.2, 0.25) is 5.02 Å². The molecule has 1 unspecified atom stereocenters. The zero-order valence-electron chi connectivity index (χ0n) is 13.4. The normalized spacial score (nSPS) is 13.7. The number of hydrogen-bond donors (Lipinski definition) is 1. The molecule has 2 aromatic carbocycles. The van der Waals surface area contributed by atoms with Gasteiger partial charge in [0.15, 0.2) is 9.84 Å². The highest BCUT2D eigenvalue weighted by Gasteiger charge is 2.20. The van der Waals surface area contributed by atoms with Gasteiger partial charge in [0.2, 0.25) is 10.0 Å². The lowest BCUT2D eigenvalue weighted by molar-refractivity contribution is 0.566. The van der Waals surface area contributed by atoms with E-state index in [1.54, 1.807) is 32.0 Å². The van der Waals surface area contributed by atoms with Crippen molar-refractivity contribution < 1.29 is 16.8 Å². The van der Waals surface area contributed by atoms with E-state index in [-0.39, 0.29) is 9.79 Å². The van der Waals surface area contributed by atoms with Gasteiger partial charge < -0.3 is 0 Å². The van der Waals surface area contributed by atoms with Crippen LogP contribution >= 0.6 is 11.6 Å². The molecule has 0 spiro atoms. The Hall–Kier alpha value is -1.41. The minimum Gasteiger partial charge on any atom is -0.224 e. The minimum atomic E-state index is -3.72. The predicted molar refractivity (Wildman–Crippen MR) is 94.5 cm³/mol. The maximum atomic E-state index is 12.5. The molecule has 1 atom stereocenters. The van der Waals surface area contributed by atoms with Gasteiger partial charge in [0.25, 0.3) is 0 Å². The van der Waals surface area contributed by atoms with Crippen molar-refractivity contribution >= 4 is 31.5 Å². The molecule has 2 rings (SSSR count). The highest BCUT2D eigenvalue weighted by Crippen LogP contribution is 2.23. The van der Waals surface area contributed by atoms with E-state index in [0.717, 1.165) is 6.26 Å². The summed E-state index contributed by atoms with van der Waals surface area (Å²) in [6, 6.07) is 10.2. The van der Waals surface area contributed by atoms with Crippen LogP contribution < -0.4 is 4.72 Å². The van der Waals surface area contributed by atoms with E-state index in [1.807, 2.05) is 0 Å². The molecular formula is C16H18ClNO4S2. The molecule has 0 aliphatic carbocycles. The van der Waals surface area contributed by atoms with E-state index in [9.17, 15) is 16.8 Å². The first kappa shape index (κ1) is 18.9. The number of rotatable bonds is 5. The lowest BCUT2D eigenvalue weighted by atomic mass is 10.1. The molecule has 8 heteroatoms. The van der Waals surface area contributed by atoms with Gasteiger partial charge in [-0.1, -0.05) is 23.7 Å². The van der Waals surface area contributed by atoms with Crippen molar-refractivity contribution in [2.75, 3.05) is 6.26 Å². The molecule has 0 aliphatic rings. The number of sulfonamides is 1. The molecule has 0 saturated heterocycles. The van der Waals surface area contributed by atoms with Gasteiger partial charge in [0.1, 0.15) is 0 Å². The zero-order chi connectivity index (χ0) is 18.1. The summed E-state index contributed by atoms with van der Waals surface area (Å²) in [5, 5.41) is 0.468. The third-order valence-corrected chi connectivity index (χ3v) is 6.63. The first-order chi connectivity index (χ1) is 11.0. The zero-order valence-corrected chi connectivity index (χ0v) is 15.8. The van der Waals surface area contributed by atoms with E-state index in [2.05, 4.69) is 4.72 Å². The fraction of sp³-hybridized carbons (Fsp3) is 0.250. The van der Waals surface area contributed by atoms with E-state index in [1.165, 1.54) is 24.3 Å². The molecule has 0 aromatic heterocycles. The molecule has 0 heterocycles. The third kappa shape index (κ3) is 4.36. The second kappa shape index (κ2) is 6.84. The molecule has 130 valence electrons. The van der Waals surface area contributed by atoms with Crippen molar-refractivity contribution in [2.24, 2.45) is 0 Å². The molecule has 5 nitrogen and oxygen atoms in total. The van der Waals surface area contributed by atoms with Crippen molar-refractivity contribution in [1.82, 2.24) is 4.72 Å². The fourth-order valence-electron chi connectivity index (χ4n) is 2.28. The average Bonchev–Trinajstić information content (AvgIpc) is 2.45. The molecule has 1 N–H and O–H groups in total. The standard InChI is InChI=1S/C16H18ClNO4S2/c1-11-10-14(17)6-9-16(11)24(21,22)18-12(2)13-4-7-15(8-5-13)23(3,19)20/h4-10,12,18H,1-3H3. The molecule has 0 saturated carbocycles. The van der Waals surface area contributed by atoms with Crippen molar-refractivity contribution in [1.29, 1.82) is 0 Å². The van der Waals surface area contributed by atoms with Crippen LogP contribution in [0.25, 0.3) is 0 Å². The Morgan fingerprint density at radius 3 is 2.08 bits per heavy atom. The lowest BCUT2D eigenvalue weighted by Crippen LogP contribution is -2.27. The monoisotopic (exact) mass is 387 g/mol. The van der Waals surface area contributed by atoms with Gasteiger partial charge in [-0.05, 0) is 55.3 Å². The van der Waals surface area contributed by atoms with Crippen LogP contribution in [0, 0.1) is 6.92 Å². The van der Waals surface area contributed by atoms with Crippen LogP contribution in [-0.4, -0.2) is 23.1 Å². The number of nitrogens with one attached hydrogen (secondary N) is 1. The quantitative estimate of drug-likeness (QED) is 0.854. The van der Waals surface area contributed by atoms with Crippen LogP contribution in [0.1, 0.15) is 24.1 Å². The summed E-state index contributed by atoms with van der Waals surface area (Å²) in [4.78, 5) is 0.348. The van der Waals surface area contributed by atoms with Gasteiger partial charge in [-0.25, -0.2) is 21.6 Å². The predicted octanol–water partition coefficient (Wildman–Crippen LogP) is 3.09. The average molecular weight is 388 g/mol. The van der Waals surface area contributed by atoms with Crippen LogP contribution in [0.15, 0.2) is 52.3 Å². The first-order valence-corrected chi connectivity index (χ1v) is 10.8. The maximum absolute atomic E-state index is 12.5. The summed E-state index contributed by atoms with van der Waals surface area (Å²) in [6.07, 6.45) is 1.12. The molecule has 0 amide bonds. The molecule has 0 aliphatic heterocycles. The van der Waals surface area contributed by atoms with Crippen LogP contribution in [0.3, 0.4) is 0 Å². The Balaban J connectivity index is 2.26. The van der Waals surface area contributed by atoms with Gasteiger partial charge >= 0.3 is 0 Å². The van der Waals surface area contributed by atoms with Gasteiger partial charge in [-0.3, -0.25) is 0 Å². The van der Waals surface area contributed by atoms with Crippen molar-refractivity contribution in [2.45, 2.75) is 29.7 Å². The maximum Gasteiger partial charge on any atom is 0.241 e. The SMILES string of the molecule is Cc1cc(Cl)ccc1S(=O)(=O)NC(C)c1ccc(S(C)(=O)=O)cc1. The second-order valence-electron chi connectivity index (χ2n) is 5.59. The van der Waals surface area contributed by atoms with Crippen molar-refractivity contribution in [3.8, 4) is 0 Å². The second-order valence-corrected chi connectivity index (χ2v) is 9.73. The molecule has 0 radical (unpaired) electrons. The van der Waals surface area contributed by atoms with Crippen molar-refractivity contribution in [3.63, 3.8) is 0 Å².